The van der Waals surface area contributed by atoms with E-state index in [1.54, 1.807) is 0 Å². The maximum absolute atomic E-state index is 13.8. The Morgan fingerprint density at radius 3 is 1.97 bits per heavy atom. The summed E-state index contributed by atoms with van der Waals surface area (Å²) in [6.45, 7) is 4.10. The number of anilines is 2. The molecule has 0 radical (unpaired) electrons. The standard InChI is InChI=1S/C26H29N3O2/c30-25-18-11-5-6-12-19(18)26-23-22(25)20(28-13-7-1-2-8-14-28)17-21(24(23)27-31-26)29-15-9-3-4-10-16-29/h5-6,11-12,17H,1-4,7-10,13-16H2. The van der Waals surface area contributed by atoms with Gasteiger partial charge in [0.1, 0.15) is 5.52 Å². The van der Waals surface area contributed by atoms with Crippen LogP contribution in [0.5, 0.6) is 0 Å². The Hall–Kier alpha value is -2.82. The van der Waals surface area contributed by atoms with Gasteiger partial charge in [-0.1, -0.05) is 55.1 Å². The summed E-state index contributed by atoms with van der Waals surface area (Å²) in [4.78, 5) is 18.7. The highest BCUT2D eigenvalue weighted by molar-refractivity contribution is 6.28. The number of rotatable bonds is 2. The lowest BCUT2D eigenvalue weighted by Gasteiger charge is -2.30. The van der Waals surface area contributed by atoms with Crippen LogP contribution < -0.4 is 9.80 Å². The predicted molar refractivity (Wildman–Crippen MR) is 124 cm³/mol. The van der Waals surface area contributed by atoms with Crippen LogP contribution in [0, 0.1) is 0 Å². The topological polar surface area (TPSA) is 49.6 Å². The van der Waals surface area contributed by atoms with Crippen LogP contribution in [-0.4, -0.2) is 37.1 Å². The largest absolute Gasteiger partial charge is 0.371 e. The van der Waals surface area contributed by atoms with Crippen molar-refractivity contribution in [3.8, 4) is 11.3 Å². The number of carbonyl (C=O) groups is 1. The molecule has 160 valence electrons. The maximum Gasteiger partial charge on any atom is 0.196 e. The monoisotopic (exact) mass is 415 g/mol. The zero-order valence-corrected chi connectivity index (χ0v) is 18.0. The number of fused-ring (bicyclic) bond motifs is 2. The molecule has 3 heterocycles. The summed E-state index contributed by atoms with van der Waals surface area (Å²) in [7, 11) is 0. The summed E-state index contributed by atoms with van der Waals surface area (Å²) in [5, 5.41) is 5.47. The number of aromatic nitrogens is 1. The highest BCUT2D eigenvalue weighted by Gasteiger charge is 2.35. The second-order valence-electron chi connectivity index (χ2n) is 9.20. The third kappa shape index (κ3) is 3.05. The Kier molecular flexibility index (Phi) is 4.70. The minimum Gasteiger partial charge on any atom is -0.371 e. The number of benzene rings is 2. The lowest BCUT2D eigenvalue weighted by molar-refractivity contribution is 0.104. The molecule has 1 aliphatic carbocycles. The van der Waals surface area contributed by atoms with E-state index in [2.05, 4.69) is 21.0 Å². The van der Waals surface area contributed by atoms with E-state index in [0.717, 1.165) is 70.9 Å². The van der Waals surface area contributed by atoms with E-state index < -0.39 is 0 Å². The Morgan fingerprint density at radius 2 is 1.32 bits per heavy atom. The molecule has 31 heavy (non-hydrogen) atoms. The van der Waals surface area contributed by atoms with E-state index >= 15 is 0 Å². The van der Waals surface area contributed by atoms with Crippen molar-refractivity contribution in [2.24, 2.45) is 0 Å². The molecule has 3 aromatic rings. The Morgan fingerprint density at radius 1 is 0.742 bits per heavy atom. The number of carbonyl (C=O) groups excluding carboxylic acids is 1. The van der Waals surface area contributed by atoms with E-state index in [-0.39, 0.29) is 5.78 Å². The van der Waals surface area contributed by atoms with Gasteiger partial charge in [-0.15, -0.1) is 0 Å². The first-order valence-electron chi connectivity index (χ1n) is 11.9. The average Bonchev–Trinajstić information content (AvgIpc) is 2.99. The summed E-state index contributed by atoms with van der Waals surface area (Å²) in [5.41, 5.74) is 5.47. The summed E-state index contributed by atoms with van der Waals surface area (Å²) < 4.78 is 5.95. The summed E-state index contributed by atoms with van der Waals surface area (Å²) in [6.07, 6.45) is 9.86. The molecule has 0 unspecified atom stereocenters. The molecule has 2 aliphatic heterocycles. The lowest BCUT2D eigenvalue weighted by atomic mass is 9.86. The van der Waals surface area contributed by atoms with Crippen LogP contribution in [-0.2, 0) is 0 Å². The second kappa shape index (κ2) is 7.70. The van der Waals surface area contributed by atoms with Gasteiger partial charge in [0.05, 0.1) is 22.3 Å². The van der Waals surface area contributed by atoms with Crippen molar-refractivity contribution < 1.29 is 9.32 Å². The number of hydrogen-bond acceptors (Lipinski definition) is 5. The van der Waals surface area contributed by atoms with E-state index in [9.17, 15) is 4.79 Å². The minimum atomic E-state index is 0.109. The third-order valence-corrected chi connectivity index (χ3v) is 7.25. The van der Waals surface area contributed by atoms with Crippen molar-refractivity contribution in [1.29, 1.82) is 0 Å². The van der Waals surface area contributed by atoms with Gasteiger partial charge in [0.15, 0.2) is 11.5 Å². The quantitative estimate of drug-likeness (QED) is 0.414. The van der Waals surface area contributed by atoms with E-state index in [1.165, 1.54) is 51.4 Å². The van der Waals surface area contributed by atoms with Crippen molar-refractivity contribution in [2.45, 2.75) is 51.4 Å². The molecular formula is C26H29N3O2. The van der Waals surface area contributed by atoms with Gasteiger partial charge in [0.25, 0.3) is 0 Å². The van der Waals surface area contributed by atoms with Crippen molar-refractivity contribution in [1.82, 2.24) is 5.16 Å². The Balaban J connectivity index is 1.61. The molecule has 0 amide bonds. The smallest absolute Gasteiger partial charge is 0.196 e. The lowest BCUT2D eigenvalue weighted by Crippen LogP contribution is -2.29. The molecule has 0 bridgehead atoms. The summed E-state index contributed by atoms with van der Waals surface area (Å²) in [6, 6.07) is 10.1. The Labute approximate surface area is 183 Å². The molecule has 0 atom stereocenters. The molecule has 2 aromatic carbocycles. The highest BCUT2D eigenvalue weighted by atomic mass is 16.5. The van der Waals surface area contributed by atoms with Gasteiger partial charge < -0.3 is 14.3 Å². The first-order chi connectivity index (χ1) is 15.3. The van der Waals surface area contributed by atoms with Crippen LogP contribution in [0.2, 0.25) is 0 Å². The van der Waals surface area contributed by atoms with E-state index in [0.29, 0.717) is 0 Å². The number of nitrogens with zero attached hydrogens (tertiary/aromatic N) is 3. The van der Waals surface area contributed by atoms with Crippen LogP contribution in [0.3, 0.4) is 0 Å². The van der Waals surface area contributed by atoms with Crippen molar-refractivity contribution in [3.63, 3.8) is 0 Å². The third-order valence-electron chi connectivity index (χ3n) is 7.25. The molecule has 5 heteroatoms. The fourth-order valence-electron chi connectivity index (χ4n) is 5.64. The molecule has 0 saturated carbocycles. The van der Waals surface area contributed by atoms with Gasteiger partial charge in [-0.3, -0.25) is 4.79 Å². The molecule has 6 rings (SSSR count). The Bertz CT molecular complexity index is 1130. The maximum atomic E-state index is 13.8. The minimum absolute atomic E-state index is 0.109. The number of hydrogen-bond donors (Lipinski definition) is 0. The van der Waals surface area contributed by atoms with Crippen LogP contribution in [0.1, 0.15) is 67.3 Å². The van der Waals surface area contributed by atoms with Crippen molar-refractivity contribution >= 4 is 28.1 Å². The van der Waals surface area contributed by atoms with Crippen LogP contribution in [0.4, 0.5) is 11.4 Å². The zero-order valence-electron chi connectivity index (χ0n) is 18.0. The summed E-state index contributed by atoms with van der Waals surface area (Å²) in [5.74, 6) is 0.867. The first-order valence-corrected chi connectivity index (χ1v) is 11.9. The molecule has 1 aromatic heterocycles. The van der Waals surface area contributed by atoms with E-state index in [4.69, 9.17) is 4.52 Å². The van der Waals surface area contributed by atoms with Crippen molar-refractivity contribution in [3.05, 3.63) is 41.5 Å². The SMILES string of the molecule is O=C1c2ccccc2-c2onc3c(N4CCCCCC4)cc(N4CCCCCC4)c1c23. The zero-order chi connectivity index (χ0) is 20.8. The predicted octanol–water partition coefficient (Wildman–Crippen LogP) is 5.80. The van der Waals surface area contributed by atoms with E-state index in [1.807, 2.05) is 24.3 Å². The van der Waals surface area contributed by atoms with Gasteiger partial charge in [-0.05, 0) is 31.7 Å². The average molecular weight is 416 g/mol. The molecule has 5 nitrogen and oxygen atoms in total. The fourth-order valence-corrected chi connectivity index (χ4v) is 5.64. The van der Waals surface area contributed by atoms with Gasteiger partial charge in [-0.2, -0.15) is 0 Å². The van der Waals surface area contributed by atoms with Gasteiger partial charge >= 0.3 is 0 Å². The van der Waals surface area contributed by atoms with Crippen molar-refractivity contribution in [2.75, 3.05) is 36.0 Å². The molecule has 0 N–H and O–H groups in total. The molecule has 3 aliphatic rings. The highest BCUT2D eigenvalue weighted by Crippen LogP contribution is 2.47. The molecule has 0 spiro atoms. The van der Waals surface area contributed by atoms with Gasteiger partial charge in [0, 0.05) is 37.3 Å². The van der Waals surface area contributed by atoms with Crippen LogP contribution >= 0.6 is 0 Å². The van der Waals surface area contributed by atoms with Gasteiger partial charge in [-0.25, -0.2) is 0 Å². The first kappa shape index (κ1) is 18.9. The number of ketones is 1. The van der Waals surface area contributed by atoms with Crippen LogP contribution in [0.15, 0.2) is 34.9 Å². The van der Waals surface area contributed by atoms with Gasteiger partial charge in [0.2, 0.25) is 0 Å². The second-order valence-corrected chi connectivity index (χ2v) is 9.20. The van der Waals surface area contributed by atoms with Crippen LogP contribution in [0.25, 0.3) is 22.2 Å². The molecule has 2 fully saturated rings. The molecule has 2 saturated heterocycles. The fraction of sp³-hybridized carbons (Fsp3) is 0.462. The summed E-state index contributed by atoms with van der Waals surface area (Å²) >= 11 is 0. The normalized spacial score (nSPS) is 19.3. The molecular weight excluding hydrogens is 386 g/mol.